The maximum absolute atomic E-state index is 11.2. The molecule has 6 nitrogen and oxygen atoms in total. The van der Waals surface area contributed by atoms with Crippen LogP contribution in [-0.2, 0) is 0 Å². The Labute approximate surface area is 161 Å². The molecule has 0 saturated carbocycles. The molecule has 0 aliphatic carbocycles. The summed E-state index contributed by atoms with van der Waals surface area (Å²) in [6.07, 6.45) is 0. The minimum absolute atomic E-state index is 0. The largest absolute Gasteiger partial charge is 0.753 e. The molecule has 0 radical (unpaired) electrons. The molecule has 0 atom stereocenters. The van der Waals surface area contributed by atoms with Crippen LogP contribution in [-0.4, -0.2) is 21.4 Å². The smallest absolute Gasteiger partial charge is 0.257 e. The molecule has 1 amide bonds. The van der Waals surface area contributed by atoms with Gasteiger partial charge in [-0.2, -0.15) is 5.16 Å². The second-order valence-electron chi connectivity index (χ2n) is 3.92. The van der Waals surface area contributed by atoms with Gasteiger partial charge in [0.15, 0.2) is 5.11 Å². The van der Waals surface area contributed by atoms with E-state index in [1.165, 1.54) is 5.16 Å². The molecule has 0 aliphatic rings. The van der Waals surface area contributed by atoms with Gasteiger partial charge in [0.1, 0.15) is 0 Å². The fourth-order valence-corrected chi connectivity index (χ4v) is 1.56. The van der Waals surface area contributed by atoms with Crippen LogP contribution in [0.2, 0.25) is 0 Å². The van der Waals surface area contributed by atoms with Crippen LogP contribution in [0.3, 0.4) is 0 Å². The third-order valence-corrected chi connectivity index (χ3v) is 2.59. The van der Waals surface area contributed by atoms with Crippen LogP contribution in [0.25, 0.3) is 5.41 Å². The van der Waals surface area contributed by atoms with Crippen molar-refractivity contribution in [3.8, 4) is 0 Å². The molecule has 0 heterocycles. The third-order valence-electron chi connectivity index (χ3n) is 2.27. The van der Waals surface area contributed by atoms with Crippen LogP contribution < -0.4 is 17.2 Å². The van der Waals surface area contributed by atoms with E-state index in [4.69, 9.17) is 22.7 Å². The number of halogens is 1. The van der Waals surface area contributed by atoms with Gasteiger partial charge in [-0.1, -0.05) is 60.7 Å². The molecule has 0 aromatic heterocycles. The van der Waals surface area contributed by atoms with Gasteiger partial charge in [0, 0.05) is 11.1 Å². The molecule has 0 fully saturated rings. The van der Waals surface area contributed by atoms with E-state index in [0.717, 1.165) is 0 Å². The first-order valence-corrected chi connectivity index (χ1v) is 7.53. The molecule has 9 heteroatoms. The zero-order valence-corrected chi connectivity index (χ0v) is 15.7. The fraction of sp³-hybridized carbons (Fsp3) is 0. The number of isothiocyanates is 1. The number of nitrogens with zero attached hydrogens (tertiary/aromatic N) is 1. The highest BCUT2D eigenvalue weighted by Gasteiger charge is 2.03. The number of carbonyl (C=O) groups excluding carboxylic acids is 2. The topological polar surface area (TPSA) is 131 Å². The van der Waals surface area contributed by atoms with Crippen molar-refractivity contribution in [1.82, 2.24) is 11.5 Å². The van der Waals surface area contributed by atoms with Gasteiger partial charge in [0.25, 0.3) is 11.1 Å². The van der Waals surface area contributed by atoms with E-state index in [1.807, 2.05) is 12.1 Å². The fourth-order valence-electron chi connectivity index (χ4n) is 1.34. The number of quaternary nitrogens is 1. The highest BCUT2D eigenvalue weighted by atomic mass is 35.5. The maximum Gasteiger partial charge on any atom is 0.257 e. The lowest BCUT2D eigenvalue weighted by atomic mass is 10.2. The third kappa shape index (κ3) is 12.6. The van der Waals surface area contributed by atoms with Crippen molar-refractivity contribution < 1.29 is 9.59 Å². The minimum atomic E-state index is -0.407. The Bertz CT molecular complexity index is 707. The lowest BCUT2D eigenvalue weighted by molar-refractivity contribution is 0.0977. The summed E-state index contributed by atoms with van der Waals surface area (Å²) in [5, 5.41) is 10.4. The number of nitrogens with one attached hydrogen (secondary N) is 1. The van der Waals surface area contributed by atoms with Crippen molar-refractivity contribution in [3.63, 3.8) is 0 Å². The van der Waals surface area contributed by atoms with E-state index in [2.05, 4.69) is 29.8 Å². The van der Waals surface area contributed by atoms with E-state index in [0.29, 0.717) is 11.1 Å². The van der Waals surface area contributed by atoms with Crippen molar-refractivity contribution in [2.24, 2.45) is 5.73 Å². The summed E-state index contributed by atoms with van der Waals surface area (Å²) in [7, 11) is 0. The van der Waals surface area contributed by atoms with Crippen LogP contribution in [0.5, 0.6) is 0 Å². The van der Waals surface area contributed by atoms with E-state index in [-0.39, 0.29) is 17.2 Å². The number of benzene rings is 2. The van der Waals surface area contributed by atoms with Crippen LogP contribution in [0, 0.1) is 0 Å². The van der Waals surface area contributed by atoms with Crippen LogP contribution in [0.4, 0.5) is 0 Å². The van der Waals surface area contributed by atoms with Crippen molar-refractivity contribution in [3.05, 3.63) is 77.2 Å². The molecule has 2 aromatic rings. The Kier molecular flexibility index (Phi) is 14.9. The normalized spacial score (nSPS) is 7.88. The lowest BCUT2D eigenvalue weighted by Crippen LogP contribution is -2.34. The molecule has 0 aliphatic heterocycles. The van der Waals surface area contributed by atoms with Crippen LogP contribution in [0.15, 0.2) is 60.7 Å². The van der Waals surface area contributed by atoms with Crippen LogP contribution >= 0.6 is 36.0 Å². The number of amides is 1. The van der Waals surface area contributed by atoms with Crippen molar-refractivity contribution in [2.75, 3.05) is 0 Å². The van der Waals surface area contributed by atoms with Gasteiger partial charge in [-0.15, -0.1) is 0 Å². The zero-order chi connectivity index (χ0) is 18.4. The number of rotatable bonds is 2. The molecule has 0 bridgehead atoms. The molecule has 25 heavy (non-hydrogen) atoms. The summed E-state index contributed by atoms with van der Waals surface area (Å²) >= 11 is 13.4. The number of hydrogen-bond donors (Lipinski definition) is 3. The first kappa shape index (κ1) is 24.8. The van der Waals surface area contributed by atoms with Gasteiger partial charge < -0.3 is 17.3 Å². The van der Waals surface area contributed by atoms with Gasteiger partial charge in [0.2, 0.25) is 0 Å². The van der Waals surface area contributed by atoms with E-state index >= 15 is 0 Å². The molecule has 0 unspecified atom stereocenters. The second kappa shape index (κ2) is 15.1. The molecule has 0 saturated heterocycles. The standard InChI is InChI=1S/C8H8N2OS.C7H5ClO.CNS.H3N/c9-8(12)10-7(11)6-4-2-1-3-5-6;8-7(9)6-4-2-1-3-5-6;2-1-3;/h1-5H,(H3,9,10,11,12);1-5H;;1H3/q;;-1;/p+1. The van der Waals surface area contributed by atoms with Crippen molar-refractivity contribution in [1.29, 1.82) is 0 Å². The number of nitrogens with two attached hydrogens (primary N) is 1. The quantitative estimate of drug-likeness (QED) is 0.404. The van der Waals surface area contributed by atoms with E-state index < -0.39 is 5.24 Å². The number of carbonyl (C=O) groups is 2. The van der Waals surface area contributed by atoms with Gasteiger partial charge in [0.05, 0.1) is 0 Å². The Morgan fingerprint density at radius 3 is 1.64 bits per heavy atom. The average Bonchev–Trinajstić information content (AvgIpc) is 2.57. The molecule has 0 spiro atoms. The molecular weight excluding hydrogens is 380 g/mol. The Balaban J connectivity index is 0. The zero-order valence-electron chi connectivity index (χ0n) is 13.3. The number of hydrogen-bond acceptors (Lipinski definition) is 4. The predicted molar refractivity (Wildman–Crippen MR) is 109 cm³/mol. The molecule has 2 rings (SSSR count). The first-order valence-electron chi connectivity index (χ1n) is 6.34. The lowest BCUT2D eigenvalue weighted by Gasteiger charge is -2.00. The summed E-state index contributed by atoms with van der Waals surface area (Å²) < 4.78 is 0. The van der Waals surface area contributed by atoms with Crippen molar-refractivity contribution in [2.45, 2.75) is 0 Å². The van der Waals surface area contributed by atoms with Crippen LogP contribution in [0.1, 0.15) is 20.7 Å². The SMILES string of the molecule is NC(=S)NC(=O)c1ccccc1.O=C(Cl)c1ccccc1.[N-]=C=S.[NH4+]. The maximum atomic E-state index is 11.2. The van der Waals surface area contributed by atoms with Gasteiger partial charge in [-0.05, 0) is 36.0 Å². The Hall–Kier alpha value is -2.48. The predicted octanol–water partition coefficient (Wildman–Crippen LogP) is 3.76. The molecule has 2 aromatic carbocycles. The number of thiocarbonyl (C=S) groups is 2. The minimum Gasteiger partial charge on any atom is -0.753 e. The molecule has 7 N–H and O–H groups in total. The average molecular weight is 397 g/mol. The van der Waals surface area contributed by atoms with Gasteiger partial charge >= 0.3 is 0 Å². The molecule has 132 valence electrons. The monoisotopic (exact) mass is 396 g/mol. The highest BCUT2D eigenvalue weighted by molar-refractivity contribution is 7.80. The van der Waals surface area contributed by atoms with E-state index in [9.17, 15) is 9.59 Å². The summed E-state index contributed by atoms with van der Waals surface area (Å²) in [6, 6.07) is 17.5. The van der Waals surface area contributed by atoms with Gasteiger partial charge in [-0.25, -0.2) is 0 Å². The summed E-state index contributed by atoms with van der Waals surface area (Å²) in [5.41, 5.74) is 6.22. The van der Waals surface area contributed by atoms with E-state index in [1.54, 1.807) is 48.5 Å². The van der Waals surface area contributed by atoms with Gasteiger partial charge in [-0.3, -0.25) is 14.9 Å². The highest BCUT2D eigenvalue weighted by Crippen LogP contribution is 2.01. The summed E-state index contributed by atoms with van der Waals surface area (Å²) in [5.74, 6) is -0.275. The molecular formula is C16H17ClN4O2S2. The Morgan fingerprint density at radius 1 is 1.00 bits per heavy atom. The first-order chi connectivity index (χ1) is 11.4. The van der Waals surface area contributed by atoms with Crippen molar-refractivity contribution >= 4 is 57.5 Å². The second-order valence-corrected chi connectivity index (χ2v) is 4.88. The summed E-state index contributed by atoms with van der Waals surface area (Å²) in [6.45, 7) is 0. The Morgan fingerprint density at radius 2 is 1.36 bits per heavy atom. The summed E-state index contributed by atoms with van der Waals surface area (Å²) in [4.78, 5) is 21.6.